The van der Waals surface area contributed by atoms with E-state index in [1.54, 1.807) is 6.07 Å². The molecule has 0 spiro atoms. The molecule has 120 valence electrons. The van der Waals surface area contributed by atoms with Crippen LogP contribution < -0.4 is 14.8 Å². The minimum Gasteiger partial charge on any atom is -0.486 e. The molecule has 3 rings (SSSR count). The molecule has 2 aliphatic heterocycles. The monoisotopic (exact) mass is 306 g/mol. The van der Waals surface area contributed by atoms with E-state index in [-0.39, 0.29) is 18.1 Å². The number of anilines is 1. The SMILES string of the molecule is C[C@@H]1CN(CC(=O)Nc2ccc3c(c2)OCCO3)C[C@H](C)O1. The van der Waals surface area contributed by atoms with Crippen LogP contribution in [0.1, 0.15) is 13.8 Å². The average molecular weight is 306 g/mol. The highest BCUT2D eigenvalue weighted by atomic mass is 16.6. The van der Waals surface area contributed by atoms with Gasteiger partial charge in [-0.2, -0.15) is 0 Å². The van der Waals surface area contributed by atoms with E-state index in [9.17, 15) is 4.79 Å². The van der Waals surface area contributed by atoms with Crippen LogP contribution in [0.3, 0.4) is 0 Å². The third-order valence-electron chi connectivity index (χ3n) is 3.69. The Kier molecular flexibility index (Phi) is 4.49. The van der Waals surface area contributed by atoms with Gasteiger partial charge >= 0.3 is 0 Å². The van der Waals surface area contributed by atoms with Crippen LogP contribution in [-0.2, 0) is 9.53 Å². The molecular weight excluding hydrogens is 284 g/mol. The van der Waals surface area contributed by atoms with E-state index in [4.69, 9.17) is 14.2 Å². The fourth-order valence-electron chi connectivity index (χ4n) is 2.94. The second kappa shape index (κ2) is 6.54. The zero-order valence-corrected chi connectivity index (χ0v) is 13.0. The summed E-state index contributed by atoms with van der Waals surface area (Å²) in [4.78, 5) is 14.3. The zero-order chi connectivity index (χ0) is 15.5. The standard InChI is InChI=1S/C16H22N2O4/c1-11-8-18(9-12(2)22-11)10-16(19)17-13-3-4-14-15(7-13)21-6-5-20-14/h3-4,7,11-12H,5-6,8-10H2,1-2H3,(H,17,19)/t11-,12+. The maximum atomic E-state index is 12.2. The molecule has 0 radical (unpaired) electrons. The van der Waals surface area contributed by atoms with Crippen molar-refractivity contribution in [2.24, 2.45) is 0 Å². The number of rotatable bonds is 3. The minimum absolute atomic E-state index is 0.0297. The summed E-state index contributed by atoms with van der Waals surface area (Å²) in [6.45, 7) is 7.08. The van der Waals surface area contributed by atoms with Crippen molar-refractivity contribution in [3.05, 3.63) is 18.2 Å². The Morgan fingerprint density at radius 1 is 1.18 bits per heavy atom. The minimum atomic E-state index is -0.0297. The Morgan fingerprint density at radius 3 is 2.59 bits per heavy atom. The van der Waals surface area contributed by atoms with Crippen LogP contribution in [0, 0.1) is 0 Å². The molecule has 1 aromatic rings. The van der Waals surface area contributed by atoms with Crippen LogP contribution in [0.15, 0.2) is 18.2 Å². The largest absolute Gasteiger partial charge is 0.486 e. The van der Waals surface area contributed by atoms with Gasteiger partial charge in [0.1, 0.15) is 13.2 Å². The van der Waals surface area contributed by atoms with Gasteiger partial charge in [-0.15, -0.1) is 0 Å². The van der Waals surface area contributed by atoms with Crippen molar-refractivity contribution in [2.45, 2.75) is 26.1 Å². The van der Waals surface area contributed by atoms with Gasteiger partial charge in [0.2, 0.25) is 5.91 Å². The number of fused-ring (bicyclic) bond motifs is 1. The van der Waals surface area contributed by atoms with E-state index in [0.717, 1.165) is 24.5 Å². The Morgan fingerprint density at radius 2 is 1.86 bits per heavy atom. The molecule has 0 aliphatic carbocycles. The number of nitrogens with zero attached hydrogens (tertiary/aromatic N) is 1. The van der Waals surface area contributed by atoms with Gasteiger partial charge in [-0.1, -0.05) is 0 Å². The average Bonchev–Trinajstić information content (AvgIpc) is 2.45. The molecule has 6 heteroatoms. The highest BCUT2D eigenvalue weighted by molar-refractivity contribution is 5.92. The molecular formula is C16H22N2O4. The first-order valence-corrected chi connectivity index (χ1v) is 7.67. The van der Waals surface area contributed by atoms with Crippen LogP contribution in [0.25, 0.3) is 0 Å². The number of morpholine rings is 1. The Labute approximate surface area is 130 Å². The molecule has 1 N–H and O–H groups in total. The molecule has 0 aromatic heterocycles. The van der Waals surface area contributed by atoms with Gasteiger partial charge in [0.15, 0.2) is 11.5 Å². The lowest BCUT2D eigenvalue weighted by Gasteiger charge is -2.34. The third kappa shape index (κ3) is 3.69. The summed E-state index contributed by atoms with van der Waals surface area (Å²) in [6, 6.07) is 5.45. The summed E-state index contributed by atoms with van der Waals surface area (Å²) in [5.41, 5.74) is 0.726. The molecule has 0 bridgehead atoms. The Hall–Kier alpha value is -1.79. The molecule has 1 aromatic carbocycles. The molecule has 2 heterocycles. The molecule has 1 saturated heterocycles. The summed E-state index contributed by atoms with van der Waals surface area (Å²) >= 11 is 0. The summed E-state index contributed by atoms with van der Waals surface area (Å²) in [6.07, 6.45) is 0.316. The van der Waals surface area contributed by atoms with Crippen molar-refractivity contribution >= 4 is 11.6 Å². The first-order chi connectivity index (χ1) is 10.6. The van der Waals surface area contributed by atoms with Crippen LogP contribution in [-0.4, -0.2) is 55.9 Å². The van der Waals surface area contributed by atoms with Crippen LogP contribution in [0.5, 0.6) is 11.5 Å². The fraction of sp³-hybridized carbons (Fsp3) is 0.562. The van der Waals surface area contributed by atoms with Gasteiger partial charge in [0, 0.05) is 24.8 Å². The molecule has 6 nitrogen and oxygen atoms in total. The van der Waals surface area contributed by atoms with Crippen molar-refractivity contribution in [1.82, 2.24) is 4.90 Å². The lowest BCUT2D eigenvalue weighted by molar-refractivity contribution is -0.121. The second-order valence-electron chi connectivity index (χ2n) is 5.86. The van der Waals surface area contributed by atoms with Crippen molar-refractivity contribution in [1.29, 1.82) is 0 Å². The number of benzene rings is 1. The molecule has 1 fully saturated rings. The maximum Gasteiger partial charge on any atom is 0.238 e. The number of ether oxygens (including phenoxy) is 3. The van der Waals surface area contributed by atoms with Gasteiger partial charge < -0.3 is 19.5 Å². The molecule has 1 amide bonds. The molecule has 0 saturated carbocycles. The number of hydrogen-bond donors (Lipinski definition) is 1. The van der Waals surface area contributed by atoms with E-state index in [0.29, 0.717) is 25.5 Å². The van der Waals surface area contributed by atoms with Crippen LogP contribution in [0.4, 0.5) is 5.69 Å². The molecule has 2 atom stereocenters. The van der Waals surface area contributed by atoms with Crippen molar-refractivity contribution in [3.8, 4) is 11.5 Å². The van der Waals surface area contributed by atoms with E-state index >= 15 is 0 Å². The van der Waals surface area contributed by atoms with Gasteiger partial charge in [-0.3, -0.25) is 9.69 Å². The lowest BCUT2D eigenvalue weighted by atomic mass is 10.2. The maximum absolute atomic E-state index is 12.2. The molecule has 0 unspecified atom stereocenters. The van der Waals surface area contributed by atoms with Crippen molar-refractivity contribution < 1.29 is 19.0 Å². The van der Waals surface area contributed by atoms with Crippen LogP contribution in [0.2, 0.25) is 0 Å². The summed E-state index contributed by atoms with van der Waals surface area (Å²) in [5.74, 6) is 1.37. The van der Waals surface area contributed by atoms with Gasteiger partial charge in [-0.05, 0) is 26.0 Å². The zero-order valence-electron chi connectivity index (χ0n) is 13.0. The fourth-order valence-corrected chi connectivity index (χ4v) is 2.94. The number of hydrogen-bond acceptors (Lipinski definition) is 5. The van der Waals surface area contributed by atoms with Gasteiger partial charge in [-0.25, -0.2) is 0 Å². The van der Waals surface area contributed by atoms with E-state index in [1.807, 2.05) is 26.0 Å². The topological polar surface area (TPSA) is 60.0 Å². The van der Waals surface area contributed by atoms with Crippen molar-refractivity contribution in [2.75, 3.05) is 38.2 Å². The lowest BCUT2D eigenvalue weighted by Crippen LogP contribution is -2.48. The summed E-state index contributed by atoms with van der Waals surface area (Å²) < 4.78 is 16.7. The highest BCUT2D eigenvalue weighted by Crippen LogP contribution is 2.32. The predicted octanol–water partition coefficient (Wildman–Crippen LogP) is 1.51. The first kappa shape index (κ1) is 15.1. The normalized spacial score (nSPS) is 24.8. The predicted molar refractivity (Wildman–Crippen MR) is 82.5 cm³/mol. The van der Waals surface area contributed by atoms with E-state index in [1.165, 1.54) is 0 Å². The number of amides is 1. The number of carbonyl (C=O) groups excluding carboxylic acids is 1. The quantitative estimate of drug-likeness (QED) is 0.917. The molecule has 2 aliphatic rings. The first-order valence-electron chi connectivity index (χ1n) is 7.67. The Bertz CT molecular complexity index is 539. The summed E-state index contributed by atoms with van der Waals surface area (Å²) in [7, 11) is 0. The van der Waals surface area contributed by atoms with Crippen LogP contribution >= 0.6 is 0 Å². The smallest absolute Gasteiger partial charge is 0.238 e. The van der Waals surface area contributed by atoms with Crippen molar-refractivity contribution in [3.63, 3.8) is 0 Å². The van der Waals surface area contributed by atoms with E-state index < -0.39 is 0 Å². The number of nitrogens with one attached hydrogen (secondary N) is 1. The number of carbonyl (C=O) groups is 1. The summed E-state index contributed by atoms with van der Waals surface area (Å²) in [5, 5.41) is 2.91. The highest BCUT2D eigenvalue weighted by Gasteiger charge is 2.23. The Balaban J connectivity index is 1.57. The third-order valence-corrected chi connectivity index (χ3v) is 3.69. The second-order valence-corrected chi connectivity index (χ2v) is 5.86. The molecule has 22 heavy (non-hydrogen) atoms. The van der Waals surface area contributed by atoms with Gasteiger partial charge in [0.25, 0.3) is 0 Å². The van der Waals surface area contributed by atoms with Gasteiger partial charge in [0.05, 0.1) is 18.8 Å². The van der Waals surface area contributed by atoms with E-state index in [2.05, 4.69) is 10.2 Å².